The molecule has 0 heterocycles. The van der Waals surface area contributed by atoms with Crippen LogP contribution in [0.1, 0.15) is 40.5 Å². The SMILES string of the molecule is CCCN=C(N)NCCC(=O)OC(C)(C)C. The highest BCUT2D eigenvalue weighted by atomic mass is 16.6. The van der Waals surface area contributed by atoms with Crippen LogP contribution >= 0.6 is 0 Å². The molecule has 0 spiro atoms. The number of hydrogen-bond acceptors (Lipinski definition) is 3. The van der Waals surface area contributed by atoms with Crippen molar-refractivity contribution in [2.45, 2.75) is 46.1 Å². The van der Waals surface area contributed by atoms with Gasteiger partial charge in [0.1, 0.15) is 5.60 Å². The molecule has 0 aromatic rings. The monoisotopic (exact) mass is 229 g/mol. The van der Waals surface area contributed by atoms with E-state index in [2.05, 4.69) is 10.3 Å². The number of carbonyl (C=O) groups is 1. The molecule has 0 aliphatic heterocycles. The van der Waals surface area contributed by atoms with Crippen molar-refractivity contribution in [2.24, 2.45) is 10.7 Å². The molecule has 0 saturated heterocycles. The molecule has 0 saturated carbocycles. The van der Waals surface area contributed by atoms with Gasteiger partial charge in [-0.2, -0.15) is 0 Å². The molecule has 0 unspecified atom stereocenters. The van der Waals surface area contributed by atoms with Gasteiger partial charge in [0.05, 0.1) is 6.42 Å². The van der Waals surface area contributed by atoms with Crippen LogP contribution in [0.25, 0.3) is 0 Å². The van der Waals surface area contributed by atoms with E-state index in [9.17, 15) is 4.79 Å². The molecule has 0 aromatic heterocycles. The van der Waals surface area contributed by atoms with Crippen molar-refractivity contribution < 1.29 is 9.53 Å². The number of esters is 1. The van der Waals surface area contributed by atoms with E-state index in [-0.39, 0.29) is 5.97 Å². The third-order valence-corrected chi connectivity index (χ3v) is 1.56. The van der Waals surface area contributed by atoms with Gasteiger partial charge in [-0.3, -0.25) is 9.79 Å². The van der Waals surface area contributed by atoms with Gasteiger partial charge in [-0.1, -0.05) is 6.92 Å². The summed E-state index contributed by atoms with van der Waals surface area (Å²) in [5.41, 5.74) is 5.13. The fourth-order valence-electron chi connectivity index (χ4n) is 0.973. The molecule has 5 heteroatoms. The average molecular weight is 229 g/mol. The molecule has 0 bridgehead atoms. The first kappa shape index (κ1) is 14.7. The Morgan fingerprint density at radius 3 is 2.56 bits per heavy atom. The zero-order valence-electron chi connectivity index (χ0n) is 10.7. The molecule has 0 atom stereocenters. The number of nitrogens with zero attached hydrogens (tertiary/aromatic N) is 1. The third-order valence-electron chi connectivity index (χ3n) is 1.56. The Morgan fingerprint density at radius 2 is 2.06 bits per heavy atom. The molecule has 5 nitrogen and oxygen atoms in total. The molecule has 0 rings (SSSR count). The molecule has 0 radical (unpaired) electrons. The molecule has 0 aliphatic rings. The van der Waals surface area contributed by atoms with Crippen molar-refractivity contribution in [1.29, 1.82) is 0 Å². The number of guanidine groups is 1. The summed E-state index contributed by atoms with van der Waals surface area (Å²) in [6.07, 6.45) is 1.24. The van der Waals surface area contributed by atoms with Crippen LogP contribution in [0.2, 0.25) is 0 Å². The standard InChI is InChI=1S/C11H23N3O2/c1-5-7-13-10(12)14-8-6-9(15)16-11(2,3)4/h5-8H2,1-4H3,(H3,12,13,14). The van der Waals surface area contributed by atoms with Gasteiger partial charge >= 0.3 is 5.97 Å². The Balaban J connectivity index is 3.70. The fraction of sp³-hybridized carbons (Fsp3) is 0.818. The summed E-state index contributed by atoms with van der Waals surface area (Å²) >= 11 is 0. The molecule has 0 amide bonds. The summed E-state index contributed by atoms with van der Waals surface area (Å²) in [6, 6.07) is 0. The summed E-state index contributed by atoms with van der Waals surface area (Å²) in [5.74, 6) is 0.147. The minimum Gasteiger partial charge on any atom is -0.460 e. The summed E-state index contributed by atoms with van der Waals surface area (Å²) in [5, 5.41) is 2.86. The number of aliphatic imine (C=N–C) groups is 1. The normalized spacial score (nSPS) is 12.4. The first-order valence-corrected chi connectivity index (χ1v) is 5.61. The highest BCUT2D eigenvalue weighted by molar-refractivity contribution is 5.78. The van der Waals surface area contributed by atoms with E-state index in [0.717, 1.165) is 6.42 Å². The Bertz CT molecular complexity index is 244. The molecule has 94 valence electrons. The van der Waals surface area contributed by atoms with E-state index in [1.807, 2.05) is 27.7 Å². The largest absolute Gasteiger partial charge is 0.460 e. The predicted molar refractivity (Wildman–Crippen MR) is 65.2 cm³/mol. The van der Waals surface area contributed by atoms with Crippen molar-refractivity contribution >= 4 is 11.9 Å². The van der Waals surface area contributed by atoms with E-state index >= 15 is 0 Å². The van der Waals surface area contributed by atoms with Crippen molar-refractivity contribution in [3.05, 3.63) is 0 Å². The fourth-order valence-corrected chi connectivity index (χ4v) is 0.973. The summed E-state index contributed by atoms with van der Waals surface area (Å²) < 4.78 is 5.14. The number of ether oxygens (including phenoxy) is 1. The predicted octanol–water partition coefficient (Wildman–Crippen LogP) is 1.03. The van der Waals surface area contributed by atoms with Gasteiger partial charge < -0.3 is 15.8 Å². The number of nitrogens with two attached hydrogens (primary N) is 1. The molecular formula is C11H23N3O2. The van der Waals surface area contributed by atoms with Gasteiger partial charge in [-0.15, -0.1) is 0 Å². The maximum Gasteiger partial charge on any atom is 0.308 e. The molecular weight excluding hydrogens is 206 g/mol. The van der Waals surface area contributed by atoms with Crippen LogP contribution in [0.4, 0.5) is 0 Å². The highest BCUT2D eigenvalue weighted by Gasteiger charge is 2.15. The summed E-state index contributed by atoms with van der Waals surface area (Å²) in [6.45, 7) is 8.71. The molecule has 0 aromatic carbocycles. The summed E-state index contributed by atoms with van der Waals surface area (Å²) in [7, 11) is 0. The van der Waals surface area contributed by atoms with Crippen molar-refractivity contribution in [3.63, 3.8) is 0 Å². The Labute approximate surface area is 97.4 Å². The summed E-state index contributed by atoms with van der Waals surface area (Å²) in [4.78, 5) is 15.4. The van der Waals surface area contributed by atoms with Gasteiger partial charge in [0.2, 0.25) is 0 Å². The second-order valence-electron chi connectivity index (χ2n) is 4.53. The van der Waals surface area contributed by atoms with Gasteiger partial charge in [-0.05, 0) is 27.2 Å². The van der Waals surface area contributed by atoms with E-state index in [1.165, 1.54) is 0 Å². The second kappa shape index (κ2) is 7.09. The zero-order valence-corrected chi connectivity index (χ0v) is 10.7. The zero-order chi connectivity index (χ0) is 12.6. The van der Waals surface area contributed by atoms with Crippen LogP contribution in [-0.2, 0) is 9.53 Å². The van der Waals surface area contributed by atoms with Crippen LogP contribution in [0.5, 0.6) is 0 Å². The van der Waals surface area contributed by atoms with Crippen LogP contribution < -0.4 is 11.1 Å². The van der Waals surface area contributed by atoms with Crippen LogP contribution in [0.15, 0.2) is 4.99 Å². The van der Waals surface area contributed by atoms with Gasteiger partial charge in [0, 0.05) is 13.1 Å². The number of rotatable bonds is 5. The van der Waals surface area contributed by atoms with E-state index in [1.54, 1.807) is 0 Å². The first-order chi connectivity index (χ1) is 7.35. The Hall–Kier alpha value is -1.26. The topological polar surface area (TPSA) is 76.7 Å². The van der Waals surface area contributed by atoms with Gasteiger partial charge in [0.25, 0.3) is 0 Å². The van der Waals surface area contributed by atoms with Crippen molar-refractivity contribution in [2.75, 3.05) is 13.1 Å². The second-order valence-corrected chi connectivity index (χ2v) is 4.53. The Morgan fingerprint density at radius 1 is 1.44 bits per heavy atom. The molecule has 3 N–H and O–H groups in total. The molecule has 0 aliphatic carbocycles. The first-order valence-electron chi connectivity index (χ1n) is 5.61. The lowest BCUT2D eigenvalue weighted by atomic mass is 10.2. The maximum atomic E-state index is 11.3. The van der Waals surface area contributed by atoms with Crippen molar-refractivity contribution in [1.82, 2.24) is 5.32 Å². The minimum atomic E-state index is -0.432. The van der Waals surface area contributed by atoms with Crippen LogP contribution in [-0.4, -0.2) is 30.6 Å². The number of carbonyl (C=O) groups excluding carboxylic acids is 1. The van der Waals surface area contributed by atoms with Crippen LogP contribution in [0, 0.1) is 0 Å². The highest BCUT2D eigenvalue weighted by Crippen LogP contribution is 2.07. The maximum absolute atomic E-state index is 11.3. The van der Waals surface area contributed by atoms with Crippen LogP contribution in [0.3, 0.4) is 0 Å². The van der Waals surface area contributed by atoms with E-state index < -0.39 is 5.60 Å². The lowest BCUT2D eigenvalue weighted by molar-refractivity contribution is -0.154. The average Bonchev–Trinajstić information content (AvgIpc) is 2.11. The smallest absolute Gasteiger partial charge is 0.308 e. The lowest BCUT2D eigenvalue weighted by Gasteiger charge is -2.19. The molecule has 0 fully saturated rings. The van der Waals surface area contributed by atoms with Gasteiger partial charge in [0.15, 0.2) is 5.96 Å². The molecule has 16 heavy (non-hydrogen) atoms. The minimum absolute atomic E-state index is 0.233. The quantitative estimate of drug-likeness (QED) is 0.419. The van der Waals surface area contributed by atoms with Gasteiger partial charge in [-0.25, -0.2) is 0 Å². The third kappa shape index (κ3) is 9.30. The van der Waals surface area contributed by atoms with E-state index in [0.29, 0.717) is 25.5 Å². The lowest BCUT2D eigenvalue weighted by Crippen LogP contribution is -2.34. The van der Waals surface area contributed by atoms with E-state index in [4.69, 9.17) is 10.5 Å². The number of hydrogen-bond donors (Lipinski definition) is 2. The Kier molecular flexibility index (Phi) is 6.53. The number of nitrogens with one attached hydrogen (secondary N) is 1. The van der Waals surface area contributed by atoms with Crippen molar-refractivity contribution in [3.8, 4) is 0 Å².